The van der Waals surface area contributed by atoms with Crippen LogP contribution in [0.5, 0.6) is 0 Å². The van der Waals surface area contributed by atoms with Crippen LogP contribution >= 0.6 is 0 Å². The van der Waals surface area contributed by atoms with Gasteiger partial charge in [0.1, 0.15) is 11.2 Å². The van der Waals surface area contributed by atoms with E-state index in [1.165, 1.54) is 6.20 Å². The maximum absolute atomic E-state index is 12.0. The number of benzene rings is 1. The quantitative estimate of drug-likeness (QED) is 0.755. The van der Waals surface area contributed by atoms with Crippen molar-refractivity contribution >= 4 is 16.9 Å². The van der Waals surface area contributed by atoms with Crippen LogP contribution in [0.4, 0.5) is 0 Å². The fourth-order valence-electron chi connectivity index (χ4n) is 2.34. The zero-order chi connectivity index (χ0) is 15.0. The summed E-state index contributed by atoms with van der Waals surface area (Å²) in [7, 11) is 0. The minimum absolute atomic E-state index is 0.121. The Bertz CT molecular complexity index is 896. The van der Waals surface area contributed by atoms with Gasteiger partial charge in [-0.2, -0.15) is 0 Å². The average molecular weight is 280 g/mol. The second-order valence-corrected chi connectivity index (χ2v) is 4.77. The molecule has 2 N–H and O–H groups in total. The maximum Gasteiger partial charge on any atom is 0.353 e. The normalized spacial score (nSPS) is 10.7. The van der Waals surface area contributed by atoms with Gasteiger partial charge in [0, 0.05) is 17.1 Å². The lowest BCUT2D eigenvalue weighted by molar-refractivity contribution is 0.0691. The van der Waals surface area contributed by atoms with E-state index in [0.29, 0.717) is 10.9 Å². The highest BCUT2D eigenvalue weighted by Crippen LogP contribution is 2.29. The molecule has 0 saturated heterocycles. The zero-order valence-corrected chi connectivity index (χ0v) is 11.3. The minimum atomic E-state index is -1.17. The molecular formula is C16H12N2O3. The van der Waals surface area contributed by atoms with Crippen LogP contribution in [0, 0.1) is 6.92 Å². The first-order valence-corrected chi connectivity index (χ1v) is 6.39. The number of carbonyl (C=O) groups is 1. The predicted molar refractivity (Wildman–Crippen MR) is 79.5 cm³/mol. The van der Waals surface area contributed by atoms with Crippen molar-refractivity contribution in [1.29, 1.82) is 0 Å². The van der Waals surface area contributed by atoms with Crippen molar-refractivity contribution in [3.63, 3.8) is 0 Å². The molecule has 3 rings (SSSR count). The number of carboxylic acids is 1. The molecule has 3 aromatic rings. The third-order valence-corrected chi connectivity index (χ3v) is 3.33. The fraction of sp³-hybridized carbons (Fsp3) is 0.0625. The topological polar surface area (TPSA) is 83.0 Å². The van der Waals surface area contributed by atoms with Crippen molar-refractivity contribution in [3.05, 3.63) is 64.2 Å². The number of hydrogen-bond donors (Lipinski definition) is 2. The number of fused-ring (bicyclic) bond motifs is 1. The van der Waals surface area contributed by atoms with Crippen LogP contribution in [0.3, 0.4) is 0 Å². The van der Waals surface area contributed by atoms with Gasteiger partial charge in [0.25, 0.3) is 5.56 Å². The number of nitrogens with zero attached hydrogens (tertiary/aromatic N) is 1. The van der Waals surface area contributed by atoms with Crippen LogP contribution in [0.25, 0.3) is 22.0 Å². The SMILES string of the molecule is Cc1ccc(-c2c(C(=O)O)[nH]c(=O)c3ncccc23)cc1. The zero-order valence-electron chi connectivity index (χ0n) is 11.3. The molecule has 0 saturated carbocycles. The summed E-state index contributed by atoms with van der Waals surface area (Å²) in [6.07, 6.45) is 1.51. The van der Waals surface area contributed by atoms with E-state index in [4.69, 9.17) is 0 Å². The van der Waals surface area contributed by atoms with Gasteiger partial charge < -0.3 is 10.1 Å². The molecule has 0 unspecified atom stereocenters. The highest BCUT2D eigenvalue weighted by molar-refractivity contribution is 6.04. The van der Waals surface area contributed by atoms with E-state index in [0.717, 1.165) is 11.1 Å². The Kier molecular flexibility index (Phi) is 3.02. The molecule has 5 nitrogen and oxygen atoms in total. The fourth-order valence-corrected chi connectivity index (χ4v) is 2.34. The molecule has 0 bridgehead atoms. The summed E-state index contributed by atoms with van der Waals surface area (Å²) in [4.78, 5) is 29.9. The van der Waals surface area contributed by atoms with Crippen LogP contribution in [-0.4, -0.2) is 21.0 Å². The summed E-state index contributed by atoms with van der Waals surface area (Å²) in [5.41, 5.74) is 1.89. The number of H-pyrrole nitrogens is 1. The van der Waals surface area contributed by atoms with Crippen molar-refractivity contribution in [2.45, 2.75) is 6.92 Å². The number of aromatic amines is 1. The van der Waals surface area contributed by atoms with E-state index in [2.05, 4.69) is 9.97 Å². The molecule has 104 valence electrons. The Labute approximate surface area is 119 Å². The van der Waals surface area contributed by atoms with Gasteiger partial charge in [-0.3, -0.25) is 9.78 Å². The number of carboxylic acid groups (broad SMARTS) is 1. The smallest absolute Gasteiger partial charge is 0.353 e. The Morgan fingerprint density at radius 1 is 1.19 bits per heavy atom. The van der Waals surface area contributed by atoms with Crippen LogP contribution < -0.4 is 5.56 Å². The van der Waals surface area contributed by atoms with Crippen LogP contribution in [-0.2, 0) is 0 Å². The van der Waals surface area contributed by atoms with Crippen LogP contribution in [0.1, 0.15) is 16.1 Å². The second-order valence-electron chi connectivity index (χ2n) is 4.77. The maximum atomic E-state index is 12.0. The van der Waals surface area contributed by atoms with Crippen molar-refractivity contribution in [3.8, 4) is 11.1 Å². The van der Waals surface area contributed by atoms with Crippen molar-refractivity contribution in [2.24, 2.45) is 0 Å². The third kappa shape index (κ3) is 2.18. The van der Waals surface area contributed by atoms with E-state index < -0.39 is 11.5 Å². The monoisotopic (exact) mass is 280 g/mol. The van der Waals surface area contributed by atoms with Crippen LogP contribution in [0.2, 0.25) is 0 Å². The standard InChI is InChI=1S/C16H12N2O3/c1-9-4-6-10(7-5-9)12-11-3-2-8-17-13(11)15(19)18-14(12)16(20)21/h2-8H,1H3,(H,18,19)(H,20,21). The minimum Gasteiger partial charge on any atom is -0.477 e. The van der Waals surface area contributed by atoms with Gasteiger partial charge in [0.05, 0.1) is 0 Å². The Hall–Kier alpha value is -2.95. The Morgan fingerprint density at radius 2 is 1.90 bits per heavy atom. The lowest BCUT2D eigenvalue weighted by Crippen LogP contribution is -2.16. The van der Waals surface area contributed by atoms with E-state index in [9.17, 15) is 14.7 Å². The lowest BCUT2D eigenvalue weighted by Gasteiger charge is -2.10. The Morgan fingerprint density at radius 3 is 2.57 bits per heavy atom. The van der Waals surface area contributed by atoms with Crippen LogP contribution in [0.15, 0.2) is 47.4 Å². The molecule has 1 aromatic carbocycles. The molecule has 0 radical (unpaired) electrons. The van der Waals surface area contributed by atoms with Gasteiger partial charge in [-0.25, -0.2) is 4.79 Å². The molecule has 0 amide bonds. The van der Waals surface area contributed by atoms with E-state index in [-0.39, 0.29) is 11.2 Å². The number of rotatable bonds is 2. The lowest BCUT2D eigenvalue weighted by atomic mass is 9.98. The predicted octanol–water partition coefficient (Wildman–Crippen LogP) is 2.60. The average Bonchev–Trinajstić information content (AvgIpc) is 2.48. The van der Waals surface area contributed by atoms with Crippen molar-refractivity contribution in [2.75, 3.05) is 0 Å². The molecule has 0 atom stereocenters. The molecule has 0 aliphatic rings. The summed E-state index contributed by atoms with van der Waals surface area (Å²) in [5.74, 6) is -1.17. The molecule has 5 heteroatoms. The van der Waals surface area contributed by atoms with Gasteiger partial charge >= 0.3 is 5.97 Å². The van der Waals surface area contributed by atoms with Gasteiger partial charge in [-0.15, -0.1) is 0 Å². The molecule has 0 aliphatic heterocycles. The third-order valence-electron chi connectivity index (χ3n) is 3.33. The van der Waals surface area contributed by atoms with Crippen molar-refractivity contribution in [1.82, 2.24) is 9.97 Å². The van der Waals surface area contributed by atoms with Gasteiger partial charge in [0.2, 0.25) is 0 Å². The highest BCUT2D eigenvalue weighted by Gasteiger charge is 2.18. The molecule has 2 aromatic heterocycles. The highest BCUT2D eigenvalue weighted by atomic mass is 16.4. The summed E-state index contributed by atoms with van der Waals surface area (Å²) < 4.78 is 0. The molecule has 0 fully saturated rings. The molecular weight excluding hydrogens is 268 g/mol. The number of aromatic nitrogens is 2. The molecule has 0 spiro atoms. The largest absolute Gasteiger partial charge is 0.477 e. The molecule has 2 heterocycles. The first-order valence-electron chi connectivity index (χ1n) is 6.39. The summed E-state index contributed by atoms with van der Waals surface area (Å²) in [6, 6.07) is 10.9. The van der Waals surface area contributed by atoms with Gasteiger partial charge in [-0.05, 0) is 18.6 Å². The van der Waals surface area contributed by atoms with Gasteiger partial charge in [0.15, 0.2) is 0 Å². The molecule has 21 heavy (non-hydrogen) atoms. The van der Waals surface area contributed by atoms with E-state index in [1.807, 2.05) is 31.2 Å². The first-order chi connectivity index (χ1) is 10.1. The van der Waals surface area contributed by atoms with Crippen molar-refractivity contribution < 1.29 is 9.90 Å². The van der Waals surface area contributed by atoms with E-state index >= 15 is 0 Å². The van der Waals surface area contributed by atoms with E-state index in [1.54, 1.807) is 12.1 Å². The summed E-state index contributed by atoms with van der Waals surface area (Å²) in [6.45, 7) is 1.95. The second kappa shape index (κ2) is 4.86. The Balaban J connectivity index is 2.46. The number of hydrogen-bond acceptors (Lipinski definition) is 3. The van der Waals surface area contributed by atoms with Gasteiger partial charge in [-0.1, -0.05) is 35.9 Å². The number of pyridine rings is 2. The number of nitrogens with one attached hydrogen (secondary N) is 1. The summed E-state index contributed by atoms with van der Waals surface area (Å²) in [5, 5.41) is 9.91. The number of aryl methyl sites for hydroxylation is 1. The number of aromatic carboxylic acids is 1. The summed E-state index contributed by atoms with van der Waals surface area (Å²) >= 11 is 0. The first kappa shape index (κ1) is 13.1. The molecule has 0 aliphatic carbocycles.